The number of fused-ring (bicyclic) bond motifs is 1. The number of hydrogen-bond donors (Lipinski definition) is 1. The van der Waals surface area contributed by atoms with Gasteiger partial charge in [0.05, 0.1) is 12.2 Å². The molecule has 3 aromatic rings. The molecule has 1 fully saturated rings. The number of aromatic nitrogens is 2. The zero-order valence-corrected chi connectivity index (χ0v) is 16.9. The summed E-state index contributed by atoms with van der Waals surface area (Å²) >= 11 is 3.57. The number of pyridine rings is 2. The van der Waals surface area contributed by atoms with E-state index in [4.69, 9.17) is 0 Å². The summed E-state index contributed by atoms with van der Waals surface area (Å²) in [6.07, 6.45) is 5.12. The first-order valence-corrected chi connectivity index (χ1v) is 10.1. The number of nitrogens with one attached hydrogen (secondary N) is 1. The van der Waals surface area contributed by atoms with Crippen molar-refractivity contribution < 1.29 is 4.79 Å². The topological polar surface area (TPSA) is 67.2 Å². The Morgan fingerprint density at radius 2 is 1.96 bits per heavy atom. The van der Waals surface area contributed by atoms with E-state index in [1.165, 1.54) is 0 Å². The number of rotatable bonds is 4. The number of nitrogens with zero attached hydrogens (tertiary/aromatic N) is 3. The van der Waals surface area contributed by atoms with Gasteiger partial charge in [-0.2, -0.15) is 0 Å². The Morgan fingerprint density at radius 3 is 2.71 bits per heavy atom. The zero-order chi connectivity index (χ0) is 19.5. The molecule has 6 nitrogen and oxygen atoms in total. The number of carbonyl (C=O) groups excluding carboxylic acids is 1. The molecule has 1 aliphatic rings. The first-order chi connectivity index (χ1) is 13.6. The SMILES string of the molecule is O=C(Nc1ccccn1)C1CCN(Cn2ccc(=O)c3cccc(Br)c32)CC1. The predicted molar refractivity (Wildman–Crippen MR) is 113 cm³/mol. The maximum atomic E-state index is 12.5. The van der Waals surface area contributed by atoms with Gasteiger partial charge in [0.15, 0.2) is 5.43 Å². The second kappa shape index (κ2) is 8.24. The van der Waals surface area contributed by atoms with Crippen LogP contribution in [0.4, 0.5) is 5.82 Å². The van der Waals surface area contributed by atoms with Crippen LogP contribution in [0.2, 0.25) is 0 Å². The molecule has 0 unspecified atom stereocenters. The number of amides is 1. The molecule has 1 amide bonds. The highest BCUT2D eigenvalue weighted by atomic mass is 79.9. The molecule has 28 heavy (non-hydrogen) atoms. The lowest BCUT2D eigenvalue weighted by molar-refractivity contribution is -0.121. The van der Waals surface area contributed by atoms with Crippen molar-refractivity contribution in [3.63, 3.8) is 0 Å². The lowest BCUT2D eigenvalue weighted by atomic mass is 9.96. The van der Waals surface area contributed by atoms with Gasteiger partial charge in [0.2, 0.25) is 5.91 Å². The van der Waals surface area contributed by atoms with Crippen LogP contribution in [-0.2, 0) is 11.5 Å². The molecule has 0 radical (unpaired) electrons. The lowest BCUT2D eigenvalue weighted by Gasteiger charge is -2.32. The molecule has 4 rings (SSSR count). The maximum Gasteiger partial charge on any atom is 0.228 e. The van der Waals surface area contributed by atoms with Gasteiger partial charge in [-0.25, -0.2) is 4.98 Å². The maximum absolute atomic E-state index is 12.5. The number of benzene rings is 1. The van der Waals surface area contributed by atoms with Crippen molar-refractivity contribution in [2.45, 2.75) is 19.5 Å². The van der Waals surface area contributed by atoms with Gasteiger partial charge in [-0.3, -0.25) is 14.5 Å². The lowest BCUT2D eigenvalue weighted by Crippen LogP contribution is -2.39. The molecule has 0 bridgehead atoms. The number of likely N-dealkylation sites (tertiary alicyclic amines) is 1. The molecule has 3 heterocycles. The monoisotopic (exact) mass is 440 g/mol. The van der Waals surface area contributed by atoms with Crippen LogP contribution in [0.3, 0.4) is 0 Å². The minimum absolute atomic E-state index is 0.00393. The molecule has 0 spiro atoms. The zero-order valence-electron chi connectivity index (χ0n) is 15.3. The summed E-state index contributed by atoms with van der Waals surface area (Å²) in [6.45, 7) is 2.35. The van der Waals surface area contributed by atoms with Gasteiger partial charge < -0.3 is 9.88 Å². The van der Waals surface area contributed by atoms with Crippen molar-refractivity contribution in [1.29, 1.82) is 0 Å². The van der Waals surface area contributed by atoms with Crippen LogP contribution in [0.5, 0.6) is 0 Å². The van der Waals surface area contributed by atoms with Gasteiger partial charge in [0.25, 0.3) is 0 Å². The molecule has 1 aliphatic heterocycles. The van der Waals surface area contributed by atoms with E-state index < -0.39 is 0 Å². The second-order valence-corrected chi connectivity index (χ2v) is 7.88. The van der Waals surface area contributed by atoms with E-state index in [2.05, 4.69) is 35.7 Å². The largest absolute Gasteiger partial charge is 0.333 e. The van der Waals surface area contributed by atoms with E-state index in [-0.39, 0.29) is 17.3 Å². The molecular formula is C21H21BrN4O2. The Kier molecular flexibility index (Phi) is 5.54. The summed E-state index contributed by atoms with van der Waals surface area (Å²) in [5, 5.41) is 3.61. The summed E-state index contributed by atoms with van der Waals surface area (Å²) in [7, 11) is 0. The van der Waals surface area contributed by atoms with Crippen LogP contribution in [0.15, 0.2) is 64.1 Å². The smallest absolute Gasteiger partial charge is 0.228 e. The first kappa shape index (κ1) is 18.8. The highest BCUT2D eigenvalue weighted by Gasteiger charge is 2.25. The third-order valence-electron chi connectivity index (χ3n) is 5.17. The fourth-order valence-corrected chi connectivity index (χ4v) is 4.26. The fourth-order valence-electron chi connectivity index (χ4n) is 3.66. The molecule has 1 N–H and O–H groups in total. The van der Waals surface area contributed by atoms with E-state index in [0.717, 1.165) is 35.9 Å². The summed E-state index contributed by atoms with van der Waals surface area (Å²) < 4.78 is 3.00. The molecule has 1 saturated heterocycles. The van der Waals surface area contributed by atoms with Crippen molar-refractivity contribution >= 4 is 38.6 Å². The molecule has 7 heteroatoms. The Balaban J connectivity index is 1.41. The van der Waals surface area contributed by atoms with Crippen LogP contribution in [0.1, 0.15) is 12.8 Å². The van der Waals surface area contributed by atoms with Crippen molar-refractivity contribution in [3.05, 3.63) is 69.6 Å². The summed E-state index contributed by atoms with van der Waals surface area (Å²) in [6, 6.07) is 12.8. The quantitative estimate of drug-likeness (QED) is 0.674. The predicted octanol–water partition coefficient (Wildman–Crippen LogP) is 3.47. The Morgan fingerprint density at radius 1 is 1.14 bits per heavy atom. The van der Waals surface area contributed by atoms with E-state index in [1.807, 2.05) is 36.5 Å². The second-order valence-electron chi connectivity index (χ2n) is 7.02. The summed E-state index contributed by atoms with van der Waals surface area (Å²) in [4.78, 5) is 31.1. The number of carbonyl (C=O) groups is 1. The van der Waals surface area contributed by atoms with Gasteiger partial charge in [-0.1, -0.05) is 12.1 Å². The minimum atomic E-state index is -0.00393. The molecule has 144 valence electrons. The van der Waals surface area contributed by atoms with Gasteiger partial charge in [0, 0.05) is 47.3 Å². The molecule has 0 saturated carbocycles. The number of halogens is 1. The van der Waals surface area contributed by atoms with Crippen molar-refractivity contribution in [3.8, 4) is 0 Å². The van der Waals surface area contributed by atoms with Crippen LogP contribution in [0.25, 0.3) is 10.9 Å². The molecule has 0 atom stereocenters. The average molecular weight is 441 g/mol. The molecule has 0 aliphatic carbocycles. The van der Waals surface area contributed by atoms with Gasteiger partial charge in [-0.05, 0) is 53.0 Å². The van der Waals surface area contributed by atoms with E-state index in [0.29, 0.717) is 17.9 Å². The molecular weight excluding hydrogens is 420 g/mol. The molecule has 2 aromatic heterocycles. The van der Waals surface area contributed by atoms with Gasteiger partial charge in [0.1, 0.15) is 5.82 Å². The Labute approximate surface area is 171 Å². The number of hydrogen-bond acceptors (Lipinski definition) is 4. The van der Waals surface area contributed by atoms with Crippen molar-refractivity contribution in [2.75, 3.05) is 18.4 Å². The first-order valence-electron chi connectivity index (χ1n) is 9.34. The summed E-state index contributed by atoms with van der Waals surface area (Å²) in [5.74, 6) is 0.630. The van der Waals surface area contributed by atoms with Crippen LogP contribution < -0.4 is 10.7 Å². The van der Waals surface area contributed by atoms with Crippen LogP contribution in [0, 0.1) is 5.92 Å². The van der Waals surface area contributed by atoms with Crippen molar-refractivity contribution in [1.82, 2.24) is 14.5 Å². The van der Waals surface area contributed by atoms with Crippen LogP contribution >= 0.6 is 15.9 Å². The standard InChI is InChI=1S/C21H21BrN4O2/c22-17-5-3-4-16-18(27)9-13-26(20(16)17)14-25-11-7-15(8-12-25)21(28)24-19-6-1-2-10-23-19/h1-6,9-10,13,15H,7-8,11-12,14H2,(H,23,24,28). The highest BCUT2D eigenvalue weighted by Crippen LogP contribution is 2.24. The van der Waals surface area contributed by atoms with Crippen LogP contribution in [-0.4, -0.2) is 33.4 Å². The normalized spacial score (nSPS) is 15.6. The van der Waals surface area contributed by atoms with E-state index in [9.17, 15) is 9.59 Å². The Bertz CT molecular complexity index is 1040. The average Bonchev–Trinajstić information content (AvgIpc) is 2.71. The number of piperidine rings is 1. The van der Waals surface area contributed by atoms with Gasteiger partial charge in [-0.15, -0.1) is 0 Å². The minimum Gasteiger partial charge on any atom is -0.333 e. The highest BCUT2D eigenvalue weighted by molar-refractivity contribution is 9.10. The number of para-hydroxylation sites is 1. The van der Waals surface area contributed by atoms with Crippen molar-refractivity contribution in [2.24, 2.45) is 5.92 Å². The van der Waals surface area contributed by atoms with Gasteiger partial charge >= 0.3 is 0 Å². The fraction of sp³-hybridized carbons (Fsp3) is 0.286. The Hall–Kier alpha value is -2.51. The summed E-state index contributed by atoms with van der Waals surface area (Å²) in [5.41, 5.74) is 0.933. The van der Waals surface area contributed by atoms with E-state index >= 15 is 0 Å². The molecule has 1 aromatic carbocycles. The third-order valence-corrected chi connectivity index (χ3v) is 5.81. The number of anilines is 1. The van der Waals surface area contributed by atoms with E-state index in [1.54, 1.807) is 18.3 Å². The third kappa shape index (κ3) is 4.00.